The molecule has 20 heavy (non-hydrogen) atoms. The molecule has 110 valence electrons. The lowest BCUT2D eigenvalue weighted by Crippen LogP contribution is -2.30. The van der Waals surface area contributed by atoms with Gasteiger partial charge in [-0.15, -0.1) is 0 Å². The summed E-state index contributed by atoms with van der Waals surface area (Å²) < 4.78 is 26.6. The number of carboxylic acid groups (broad SMARTS) is 1. The summed E-state index contributed by atoms with van der Waals surface area (Å²) in [5, 5.41) is 13.2. The molecule has 0 aliphatic carbocycles. The lowest BCUT2D eigenvalue weighted by Gasteiger charge is -2.16. The Hall–Kier alpha value is -2.18. The minimum Gasteiger partial charge on any atom is -0.481 e. The number of aliphatic carboxylic acids is 1. The Bertz CT molecular complexity index is 487. The monoisotopic (exact) mass is 286 g/mol. The van der Waals surface area contributed by atoms with E-state index >= 15 is 0 Å². The fourth-order valence-corrected chi connectivity index (χ4v) is 1.58. The topological polar surface area (TPSA) is 78.4 Å². The summed E-state index contributed by atoms with van der Waals surface area (Å²) in [5.74, 6) is -4.02. The van der Waals surface area contributed by atoms with Crippen LogP contribution in [0.5, 0.6) is 0 Å². The average molecular weight is 286 g/mol. The molecular weight excluding hydrogens is 270 g/mol. The van der Waals surface area contributed by atoms with Gasteiger partial charge in [0.2, 0.25) is 0 Å². The molecule has 3 N–H and O–H groups in total. The van der Waals surface area contributed by atoms with Crippen molar-refractivity contribution in [3.05, 3.63) is 29.8 Å². The van der Waals surface area contributed by atoms with Crippen molar-refractivity contribution in [3.63, 3.8) is 0 Å². The first kappa shape index (κ1) is 15.9. The maximum atomic E-state index is 13.3. The van der Waals surface area contributed by atoms with Gasteiger partial charge < -0.3 is 15.7 Å². The van der Waals surface area contributed by atoms with Gasteiger partial charge in [0.1, 0.15) is 0 Å². The van der Waals surface area contributed by atoms with Crippen molar-refractivity contribution in [3.8, 4) is 0 Å². The molecule has 1 aromatic carbocycles. The number of para-hydroxylation sites is 1. The quantitative estimate of drug-likeness (QED) is 0.704. The Labute approximate surface area is 115 Å². The fourth-order valence-electron chi connectivity index (χ4n) is 1.58. The summed E-state index contributed by atoms with van der Waals surface area (Å²) in [6, 6.07) is 4.97. The number of nitrogens with one attached hydrogen (secondary N) is 2. The zero-order valence-corrected chi connectivity index (χ0v) is 11.0. The van der Waals surface area contributed by atoms with E-state index in [4.69, 9.17) is 5.11 Å². The minimum absolute atomic E-state index is 0.0238. The minimum atomic E-state index is -3.06. The van der Waals surface area contributed by atoms with Gasteiger partial charge in [-0.05, 0) is 12.5 Å². The van der Waals surface area contributed by atoms with Gasteiger partial charge >= 0.3 is 12.0 Å². The first-order valence-electron chi connectivity index (χ1n) is 6.04. The zero-order valence-electron chi connectivity index (χ0n) is 11.0. The predicted octanol–water partition coefficient (Wildman–Crippen LogP) is 2.78. The molecule has 0 unspecified atom stereocenters. The molecule has 0 saturated carbocycles. The number of benzene rings is 1. The third-order valence-electron chi connectivity index (χ3n) is 2.50. The summed E-state index contributed by atoms with van der Waals surface area (Å²) in [5.41, 5.74) is -0.253. The number of alkyl halides is 2. The van der Waals surface area contributed by atoms with E-state index in [1.807, 2.05) is 0 Å². The number of urea groups is 1. The number of anilines is 1. The van der Waals surface area contributed by atoms with Crippen molar-refractivity contribution in [2.24, 2.45) is 0 Å². The molecule has 0 heterocycles. The van der Waals surface area contributed by atoms with Gasteiger partial charge in [0, 0.05) is 25.5 Å². The maximum Gasteiger partial charge on any atom is 0.319 e. The van der Waals surface area contributed by atoms with E-state index in [1.54, 1.807) is 0 Å². The van der Waals surface area contributed by atoms with Crippen molar-refractivity contribution >= 4 is 17.7 Å². The van der Waals surface area contributed by atoms with Crippen molar-refractivity contribution in [1.29, 1.82) is 0 Å². The van der Waals surface area contributed by atoms with E-state index in [9.17, 15) is 18.4 Å². The molecule has 0 spiro atoms. The second kappa shape index (κ2) is 6.83. The van der Waals surface area contributed by atoms with Gasteiger partial charge in [-0.1, -0.05) is 18.2 Å². The zero-order chi connectivity index (χ0) is 15.2. The van der Waals surface area contributed by atoms with Crippen LogP contribution in [0.25, 0.3) is 0 Å². The van der Waals surface area contributed by atoms with Crippen LogP contribution in [-0.2, 0) is 10.7 Å². The number of halogens is 2. The van der Waals surface area contributed by atoms with Crippen LogP contribution < -0.4 is 10.6 Å². The molecule has 2 amide bonds. The number of hydrogen-bond acceptors (Lipinski definition) is 2. The van der Waals surface area contributed by atoms with Gasteiger partial charge in [-0.3, -0.25) is 4.79 Å². The van der Waals surface area contributed by atoms with Crippen LogP contribution in [-0.4, -0.2) is 23.7 Å². The summed E-state index contributed by atoms with van der Waals surface area (Å²) >= 11 is 0. The molecule has 0 aliphatic heterocycles. The Kier molecular flexibility index (Phi) is 5.42. The molecular formula is C13H16F2N2O3. The fraction of sp³-hybridized carbons (Fsp3) is 0.385. The molecule has 1 rings (SSSR count). The van der Waals surface area contributed by atoms with Crippen LogP contribution in [0.4, 0.5) is 19.3 Å². The van der Waals surface area contributed by atoms with Crippen LogP contribution in [0.3, 0.4) is 0 Å². The normalized spacial score (nSPS) is 10.9. The van der Waals surface area contributed by atoms with E-state index in [0.717, 1.165) is 6.92 Å². The third kappa shape index (κ3) is 5.21. The number of carbonyl (C=O) groups excluding carboxylic acids is 1. The second-order valence-electron chi connectivity index (χ2n) is 4.31. The summed E-state index contributed by atoms with van der Waals surface area (Å²) in [4.78, 5) is 21.8. The van der Waals surface area contributed by atoms with Crippen molar-refractivity contribution in [2.75, 3.05) is 11.9 Å². The van der Waals surface area contributed by atoms with Crippen LogP contribution in [0.1, 0.15) is 25.3 Å². The molecule has 0 saturated heterocycles. The third-order valence-corrected chi connectivity index (χ3v) is 2.50. The molecule has 1 aromatic rings. The van der Waals surface area contributed by atoms with Gasteiger partial charge in [0.25, 0.3) is 5.92 Å². The van der Waals surface area contributed by atoms with E-state index in [1.165, 1.54) is 24.3 Å². The van der Waals surface area contributed by atoms with Gasteiger partial charge in [0.05, 0.1) is 5.69 Å². The molecule has 0 fully saturated rings. The maximum absolute atomic E-state index is 13.3. The average Bonchev–Trinajstić information content (AvgIpc) is 2.34. The Morgan fingerprint density at radius 1 is 1.30 bits per heavy atom. The Morgan fingerprint density at radius 3 is 2.55 bits per heavy atom. The highest BCUT2D eigenvalue weighted by atomic mass is 19.3. The number of carbonyl (C=O) groups is 2. The number of carboxylic acids is 1. The summed E-state index contributed by atoms with van der Waals surface area (Å²) in [6.45, 7) is 0.904. The second-order valence-corrected chi connectivity index (χ2v) is 4.31. The molecule has 0 aliphatic rings. The van der Waals surface area contributed by atoms with Crippen molar-refractivity contribution in [2.45, 2.75) is 25.7 Å². The van der Waals surface area contributed by atoms with Crippen LogP contribution in [0, 0.1) is 0 Å². The molecule has 0 aromatic heterocycles. The van der Waals surface area contributed by atoms with Gasteiger partial charge in [-0.25, -0.2) is 13.6 Å². The summed E-state index contributed by atoms with van der Waals surface area (Å²) in [7, 11) is 0. The first-order valence-corrected chi connectivity index (χ1v) is 6.04. The van der Waals surface area contributed by atoms with E-state index in [-0.39, 0.29) is 30.6 Å². The van der Waals surface area contributed by atoms with Crippen LogP contribution in [0.15, 0.2) is 24.3 Å². The van der Waals surface area contributed by atoms with Crippen molar-refractivity contribution in [1.82, 2.24) is 5.32 Å². The standard InChI is InChI=1S/C13H16F2N2O3/c1-13(14,15)9-5-2-3-6-10(9)17-12(20)16-8-4-7-11(18)19/h2-3,5-6H,4,7-8H2,1H3,(H,18,19)(H2,16,17,20). The Balaban J connectivity index is 2.56. The summed E-state index contributed by atoms with van der Waals surface area (Å²) in [6.07, 6.45) is 0.207. The number of rotatable bonds is 6. The molecule has 5 nitrogen and oxygen atoms in total. The van der Waals surface area contributed by atoms with Gasteiger partial charge in [-0.2, -0.15) is 0 Å². The largest absolute Gasteiger partial charge is 0.481 e. The smallest absolute Gasteiger partial charge is 0.319 e. The van der Waals surface area contributed by atoms with Crippen molar-refractivity contribution < 1.29 is 23.5 Å². The molecule has 7 heteroatoms. The predicted molar refractivity (Wildman–Crippen MR) is 69.9 cm³/mol. The molecule has 0 atom stereocenters. The highest BCUT2D eigenvalue weighted by Gasteiger charge is 2.27. The SMILES string of the molecule is CC(F)(F)c1ccccc1NC(=O)NCCCC(=O)O. The number of amides is 2. The van der Waals surface area contributed by atoms with E-state index in [0.29, 0.717) is 0 Å². The first-order chi connectivity index (χ1) is 9.30. The van der Waals surface area contributed by atoms with Crippen LogP contribution >= 0.6 is 0 Å². The molecule has 0 radical (unpaired) electrons. The highest BCUT2D eigenvalue weighted by Crippen LogP contribution is 2.32. The Morgan fingerprint density at radius 2 is 1.95 bits per heavy atom. The lowest BCUT2D eigenvalue weighted by atomic mass is 10.1. The number of hydrogen-bond donors (Lipinski definition) is 3. The van der Waals surface area contributed by atoms with Gasteiger partial charge in [0.15, 0.2) is 0 Å². The van der Waals surface area contributed by atoms with E-state index < -0.39 is 17.9 Å². The lowest BCUT2D eigenvalue weighted by molar-refractivity contribution is -0.137. The highest BCUT2D eigenvalue weighted by molar-refractivity contribution is 5.90. The van der Waals surface area contributed by atoms with Crippen LogP contribution in [0.2, 0.25) is 0 Å². The molecule has 0 bridgehead atoms. The van der Waals surface area contributed by atoms with E-state index in [2.05, 4.69) is 10.6 Å².